The van der Waals surface area contributed by atoms with Crippen LogP contribution in [0.2, 0.25) is 0 Å². The van der Waals surface area contributed by atoms with E-state index in [1.165, 1.54) is 17.8 Å². The van der Waals surface area contributed by atoms with E-state index in [0.717, 1.165) is 42.0 Å². The Hall–Kier alpha value is -2.36. The quantitative estimate of drug-likeness (QED) is 0.672. The van der Waals surface area contributed by atoms with Gasteiger partial charge >= 0.3 is 0 Å². The maximum absolute atomic E-state index is 12.8. The molecule has 170 valence electrons. The Labute approximate surface area is 193 Å². The fourth-order valence-electron chi connectivity index (χ4n) is 3.83. The summed E-state index contributed by atoms with van der Waals surface area (Å²) in [6, 6.07) is 12.4. The minimum absolute atomic E-state index is 0.0118. The molecule has 1 unspecified atom stereocenters. The molecule has 32 heavy (non-hydrogen) atoms. The zero-order valence-electron chi connectivity index (χ0n) is 18.0. The summed E-state index contributed by atoms with van der Waals surface area (Å²) in [5.74, 6) is -0.195. The highest BCUT2D eigenvalue weighted by Gasteiger charge is 2.29. The number of rotatable bonds is 6. The van der Waals surface area contributed by atoms with E-state index in [1.54, 1.807) is 12.1 Å². The van der Waals surface area contributed by atoms with Gasteiger partial charge in [-0.1, -0.05) is 29.8 Å². The van der Waals surface area contributed by atoms with Gasteiger partial charge in [0.25, 0.3) is 0 Å². The Morgan fingerprint density at radius 1 is 1.16 bits per heavy atom. The third-order valence-electron chi connectivity index (χ3n) is 5.80. The molecule has 2 heterocycles. The van der Waals surface area contributed by atoms with E-state index in [1.807, 2.05) is 36.1 Å². The molecular formula is C23H27N3O4S2. The van der Waals surface area contributed by atoms with Crippen LogP contribution in [0.1, 0.15) is 30.4 Å². The maximum atomic E-state index is 12.8. The minimum Gasteiger partial charge on any atom is -0.343 e. The first-order valence-corrected chi connectivity index (χ1v) is 13.2. The summed E-state index contributed by atoms with van der Waals surface area (Å²) in [5, 5.41) is 2.84. The SMILES string of the molecule is Cc1ccc(CNS(=O)(=O)c2ccc3c(c2)NC(=O)C(CC(=O)N2CCCC2)CS3)cc1. The number of carbonyl (C=O) groups excluding carboxylic acids is 2. The van der Waals surface area contributed by atoms with E-state index in [4.69, 9.17) is 0 Å². The normalized spacial score (nSPS) is 18.7. The molecule has 2 aromatic carbocycles. The number of likely N-dealkylation sites (tertiary alicyclic amines) is 1. The molecule has 1 fully saturated rings. The van der Waals surface area contributed by atoms with E-state index in [2.05, 4.69) is 10.0 Å². The number of sulfonamides is 1. The lowest BCUT2D eigenvalue weighted by Crippen LogP contribution is -2.33. The summed E-state index contributed by atoms with van der Waals surface area (Å²) in [6.07, 6.45) is 2.20. The number of hydrogen-bond donors (Lipinski definition) is 2. The molecule has 0 aromatic heterocycles. The first-order valence-electron chi connectivity index (χ1n) is 10.7. The molecule has 1 saturated heterocycles. The van der Waals surface area contributed by atoms with Crippen LogP contribution in [-0.4, -0.2) is 44.0 Å². The van der Waals surface area contributed by atoms with Gasteiger partial charge in [0.1, 0.15) is 0 Å². The number of aryl methyl sites for hydroxylation is 1. The molecule has 2 aliphatic rings. The van der Waals surface area contributed by atoms with Crippen molar-refractivity contribution < 1.29 is 18.0 Å². The van der Waals surface area contributed by atoms with E-state index in [0.29, 0.717) is 11.4 Å². The van der Waals surface area contributed by atoms with Crippen LogP contribution in [0.4, 0.5) is 5.69 Å². The highest BCUT2D eigenvalue weighted by molar-refractivity contribution is 7.99. The number of nitrogens with one attached hydrogen (secondary N) is 2. The molecule has 0 bridgehead atoms. The number of anilines is 1. The second-order valence-corrected chi connectivity index (χ2v) is 11.1. The third kappa shape index (κ3) is 5.33. The van der Waals surface area contributed by atoms with Crippen LogP contribution in [0.15, 0.2) is 52.3 Å². The lowest BCUT2D eigenvalue weighted by atomic mass is 10.1. The summed E-state index contributed by atoms with van der Waals surface area (Å²) in [7, 11) is -3.75. The number of hydrogen-bond acceptors (Lipinski definition) is 5. The Bertz CT molecular complexity index is 1110. The molecule has 0 saturated carbocycles. The number of benzene rings is 2. The lowest BCUT2D eigenvalue weighted by molar-refractivity contribution is -0.133. The van der Waals surface area contributed by atoms with Crippen LogP contribution in [0, 0.1) is 12.8 Å². The number of carbonyl (C=O) groups is 2. The molecule has 9 heteroatoms. The van der Waals surface area contributed by atoms with Gasteiger partial charge in [-0.3, -0.25) is 9.59 Å². The summed E-state index contributed by atoms with van der Waals surface area (Å²) < 4.78 is 28.2. The standard InChI is InChI=1S/C23H27N3O4S2/c1-16-4-6-17(7-5-16)14-24-32(29,30)19-8-9-21-20(13-19)25-23(28)18(15-31-21)12-22(27)26-10-2-3-11-26/h4-9,13,18,24H,2-3,10-12,14-15H2,1H3,(H,25,28). The van der Waals surface area contributed by atoms with Gasteiger partial charge in [-0.15, -0.1) is 11.8 Å². The predicted octanol–water partition coefficient (Wildman–Crippen LogP) is 3.15. The molecule has 7 nitrogen and oxygen atoms in total. The zero-order valence-corrected chi connectivity index (χ0v) is 19.6. The predicted molar refractivity (Wildman–Crippen MR) is 125 cm³/mol. The van der Waals surface area contributed by atoms with Gasteiger partial charge in [0, 0.05) is 36.7 Å². The van der Waals surface area contributed by atoms with Crippen molar-refractivity contribution in [3.8, 4) is 0 Å². The fourth-order valence-corrected chi connectivity index (χ4v) is 5.95. The highest BCUT2D eigenvalue weighted by atomic mass is 32.2. The fraction of sp³-hybridized carbons (Fsp3) is 0.391. The molecule has 0 aliphatic carbocycles. The van der Waals surface area contributed by atoms with Crippen molar-refractivity contribution in [1.29, 1.82) is 0 Å². The van der Waals surface area contributed by atoms with Gasteiger partial charge in [0.15, 0.2) is 0 Å². The van der Waals surface area contributed by atoms with Gasteiger partial charge in [0.05, 0.1) is 16.5 Å². The van der Waals surface area contributed by atoms with Gasteiger partial charge in [-0.2, -0.15) is 0 Å². The molecule has 2 aliphatic heterocycles. The second kappa shape index (κ2) is 9.64. The van der Waals surface area contributed by atoms with Crippen LogP contribution in [0.25, 0.3) is 0 Å². The number of thioether (sulfide) groups is 1. The zero-order chi connectivity index (χ0) is 22.7. The monoisotopic (exact) mass is 473 g/mol. The van der Waals surface area contributed by atoms with Gasteiger partial charge in [0.2, 0.25) is 21.8 Å². The Kier molecular flexibility index (Phi) is 6.88. The van der Waals surface area contributed by atoms with Gasteiger partial charge in [-0.05, 0) is 43.5 Å². The van der Waals surface area contributed by atoms with Crippen molar-refractivity contribution in [3.63, 3.8) is 0 Å². The second-order valence-electron chi connectivity index (χ2n) is 8.26. The Morgan fingerprint density at radius 3 is 2.59 bits per heavy atom. The molecule has 2 aromatic rings. The summed E-state index contributed by atoms with van der Waals surface area (Å²) >= 11 is 1.47. The van der Waals surface area contributed by atoms with Crippen LogP contribution in [0.3, 0.4) is 0 Å². The van der Waals surface area contributed by atoms with Crippen molar-refractivity contribution in [2.45, 2.75) is 42.5 Å². The summed E-state index contributed by atoms with van der Waals surface area (Å²) in [5.41, 5.74) is 2.44. The molecule has 1 atom stereocenters. The van der Waals surface area contributed by atoms with Crippen LogP contribution in [-0.2, 0) is 26.2 Å². The van der Waals surface area contributed by atoms with Crippen molar-refractivity contribution in [2.24, 2.45) is 5.92 Å². The number of amides is 2. The third-order valence-corrected chi connectivity index (χ3v) is 8.43. The number of nitrogens with zero attached hydrogens (tertiary/aromatic N) is 1. The molecule has 0 radical (unpaired) electrons. The molecule has 0 spiro atoms. The first-order chi connectivity index (χ1) is 15.3. The molecule has 2 N–H and O–H groups in total. The average Bonchev–Trinajstić information content (AvgIpc) is 3.27. The van der Waals surface area contributed by atoms with Crippen LogP contribution < -0.4 is 10.0 Å². The Balaban J connectivity index is 1.44. The van der Waals surface area contributed by atoms with E-state index in [-0.39, 0.29) is 29.7 Å². The van der Waals surface area contributed by atoms with E-state index < -0.39 is 15.9 Å². The van der Waals surface area contributed by atoms with Crippen molar-refractivity contribution in [3.05, 3.63) is 53.6 Å². The van der Waals surface area contributed by atoms with E-state index in [9.17, 15) is 18.0 Å². The largest absolute Gasteiger partial charge is 0.343 e. The number of fused-ring (bicyclic) bond motifs is 1. The van der Waals surface area contributed by atoms with Crippen molar-refractivity contribution in [2.75, 3.05) is 24.2 Å². The highest BCUT2D eigenvalue weighted by Crippen LogP contribution is 2.35. The van der Waals surface area contributed by atoms with Crippen LogP contribution >= 0.6 is 11.8 Å². The van der Waals surface area contributed by atoms with E-state index >= 15 is 0 Å². The summed E-state index contributed by atoms with van der Waals surface area (Å²) in [6.45, 7) is 3.68. The first kappa shape index (κ1) is 22.8. The molecule has 4 rings (SSSR count). The van der Waals surface area contributed by atoms with Crippen molar-refractivity contribution >= 4 is 39.3 Å². The van der Waals surface area contributed by atoms with Crippen molar-refractivity contribution in [1.82, 2.24) is 9.62 Å². The van der Waals surface area contributed by atoms with Gasteiger partial charge in [-0.25, -0.2) is 13.1 Å². The molecule has 2 amide bonds. The van der Waals surface area contributed by atoms with Gasteiger partial charge < -0.3 is 10.2 Å². The topological polar surface area (TPSA) is 95.6 Å². The average molecular weight is 474 g/mol. The lowest BCUT2D eigenvalue weighted by Gasteiger charge is -2.18. The Morgan fingerprint density at radius 2 is 1.88 bits per heavy atom. The summed E-state index contributed by atoms with van der Waals surface area (Å²) in [4.78, 5) is 28.0. The maximum Gasteiger partial charge on any atom is 0.240 e. The molecular weight excluding hydrogens is 446 g/mol. The minimum atomic E-state index is -3.75. The van der Waals surface area contributed by atoms with Crippen LogP contribution in [0.5, 0.6) is 0 Å². The smallest absolute Gasteiger partial charge is 0.240 e.